The zero-order valence-corrected chi connectivity index (χ0v) is 11.2. The van der Waals surface area contributed by atoms with Crippen molar-refractivity contribution in [2.75, 3.05) is 5.32 Å². The van der Waals surface area contributed by atoms with E-state index < -0.39 is 0 Å². The Morgan fingerprint density at radius 1 is 1.17 bits per heavy atom. The maximum Gasteiger partial charge on any atom is 0.0571 e. The molecule has 0 atom stereocenters. The Kier molecular flexibility index (Phi) is 4.40. The molecule has 3 heteroatoms. The monoisotopic (exact) mass is 243 g/mol. The molecule has 1 aromatic heterocycles. The molecule has 2 aromatic rings. The van der Waals surface area contributed by atoms with Crippen LogP contribution in [0.1, 0.15) is 31.0 Å². The van der Waals surface area contributed by atoms with Gasteiger partial charge in [-0.05, 0) is 36.6 Å². The van der Waals surface area contributed by atoms with Crippen LogP contribution in [0.2, 0.25) is 0 Å². The van der Waals surface area contributed by atoms with Gasteiger partial charge in [-0.3, -0.25) is 4.68 Å². The second kappa shape index (κ2) is 6.24. The summed E-state index contributed by atoms with van der Waals surface area (Å²) in [6, 6.07) is 10.8. The van der Waals surface area contributed by atoms with Crippen molar-refractivity contribution in [3.05, 3.63) is 47.8 Å². The molecular weight excluding hydrogens is 222 g/mol. The summed E-state index contributed by atoms with van der Waals surface area (Å²) in [5.74, 6) is 0. The summed E-state index contributed by atoms with van der Waals surface area (Å²) in [4.78, 5) is 0. The third kappa shape index (κ3) is 3.36. The lowest BCUT2D eigenvalue weighted by atomic mass is 10.1. The minimum atomic E-state index is 0.810. The van der Waals surface area contributed by atoms with Gasteiger partial charge >= 0.3 is 0 Å². The molecule has 0 fully saturated rings. The number of hydrogen-bond donors (Lipinski definition) is 1. The molecule has 1 aromatic carbocycles. The number of unbranched alkanes of at least 4 members (excludes halogenated alkanes) is 1. The molecule has 0 radical (unpaired) electrons. The van der Waals surface area contributed by atoms with Gasteiger partial charge in [0.1, 0.15) is 0 Å². The predicted molar refractivity (Wildman–Crippen MR) is 75.6 cm³/mol. The van der Waals surface area contributed by atoms with Gasteiger partial charge in [-0.25, -0.2) is 0 Å². The highest BCUT2D eigenvalue weighted by molar-refractivity contribution is 5.44. The summed E-state index contributed by atoms with van der Waals surface area (Å²) in [7, 11) is 1.96. The largest absolute Gasteiger partial charge is 0.379 e. The molecule has 1 N–H and O–H groups in total. The van der Waals surface area contributed by atoms with Gasteiger partial charge in [-0.1, -0.05) is 25.5 Å². The van der Waals surface area contributed by atoms with Gasteiger partial charge in [0, 0.05) is 18.9 Å². The lowest BCUT2D eigenvalue weighted by Gasteiger charge is -2.07. The maximum atomic E-state index is 4.15. The van der Waals surface area contributed by atoms with Gasteiger partial charge < -0.3 is 5.32 Å². The van der Waals surface area contributed by atoms with E-state index in [1.807, 2.05) is 24.0 Å². The Hall–Kier alpha value is -1.77. The lowest BCUT2D eigenvalue weighted by Crippen LogP contribution is -2.05. The highest BCUT2D eigenvalue weighted by atomic mass is 15.3. The number of nitrogens with one attached hydrogen (secondary N) is 1. The van der Waals surface area contributed by atoms with Crippen LogP contribution in [0.5, 0.6) is 0 Å². The van der Waals surface area contributed by atoms with E-state index in [1.54, 1.807) is 0 Å². The second-order valence-electron chi connectivity index (χ2n) is 4.60. The molecule has 3 nitrogen and oxygen atoms in total. The molecular formula is C15H21N3. The highest BCUT2D eigenvalue weighted by Crippen LogP contribution is 2.12. The Bertz CT molecular complexity index is 471. The van der Waals surface area contributed by atoms with E-state index in [4.69, 9.17) is 0 Å². The molecule has 0 spiro atoms. The highest BCUT2D eigenvalue weighted by Gasteiger charge is 1.98. The zero-order valence-electron chi connectivity index (χ0n) is 11.2. The van der Waals surface area contributed by atoms with E-state index in [2.05, 4.69) is 41.6 Å². The van der Waals surface area contributed by atoms with Crippen LogP contribution in [0.3, 0.4) is 0 Å². The van der Waals surface area contributed by atoms with Crippen LogP contribution in [0.4, 0.5) is 5.69 Å². The third-order valence-corrected chi connectivity index (χ3v) is 3.17. The van der Waals surface area contributed by atoms with Crippen molar-refractivity contribution in [3.8, 4) is 0 Å². The van der Waals surface area contributed by atoms with Crippen LogP contribution in [-0.2, 0) is 20.0 Å². The fourth-order valence-corrected chi connectivity index (χ4v) is 1.94. The summed E-state index contributed by atoms with van der Waals surface area (Å²) < 4.78 is 1.89. The number of anilines is 1. The fourth-order valence-electron chi connectivity index (χ4n) is 1.94. The van der Waals surface area contributed by atoms with Gasteiger partial charge in [0.15, 0.2) is 0 Å². The number of rotatable bonds is 6. The van der Waals surface area contributed by atoms with Gasteiger partial charge in [-0.2, -0.15) is 5.10 Å². The molecule has 0 aliphatic carbocycles. The number of benzene rings is 1. The van der Waals surface area contributed by atoms with E-state index >= 15 is 0 Å². The van der Waals surface area contributed by atoms with Crippen molar-refractivity contribution in [2.24, 2.45) is 7.05 Å². The van der Waals surface area contributed by atoms with Crippen molar-refractivity contribution in [1.82, 2.24) is 9.78 Å². The van der Waals surface area contributed by atoms with Crippen molar-refractivity contribution in [1.29, 1.82) is 0 Å². The normalized spacial score (nSPS) is 10.6. The Labute approximate surface area is 109 Å². The number of aromatic nitrogens is 2. The Balaban J connectivity index is 1.88. The van der Waals surface area contributed by atoms with E-state index in [0.29, 0.717) is 0 Å². The minimum absolute atomic E-state index is 0.810. The first-order valence-electron chi connectivity index (χ1n) is 6.59. The average Bonchev–Trinajstić information content (AvgIpc) is 2.81. The first-order valence-corrected chi connectivity index (χ1v) is 6.59. The molecule has 0 aliphatic heterocycles. The van der Waals surface area contributed by atoms with Crippen molar-refractivity contribution in [3.63, 3.8) is 0 Å². The SMILES string of the molecule is CCCCc1ccc(NCc2ccnn2C)cc1. The summed E-state index contributed by atoms with van der Waals surface area (Å²) in [6.45, 7) is 3.04. The first-order chi connectivity index (χ1) is 8.79. The van der Waals surface area contributed by atoms with Gasteiger partial charge in [0.2, 0.25) is 0 Å². The molecule has 0 unspecified atom stereocenters. The molecule has 0 saturated carbocycles. The quantitative estimate of drug-likeness (QED) is 0.843. The van der Waals surface area contributed by atoms with Crippen molar-refractivity contribution in [2.45, 2.75) is 32.7 Å². The van der Waals surface area contributed by atoms with Gasteiger partial charge in [-0.15, -0.1) is 0 Å². The number of hydrogen-bond acceptors (Lipinski definition) is 2. The average molecular weight is 243 g/mol. The molecule has 0 bridgehead atoms. The molecule has 1 heterocycles. The Morgan fingerprint density at radius 3 is 2.56 bits per heavy atom. The van der Waals surface area contributed by atoms with Crippen LogP contribution in [0.25, 0.3) is 0 Å². The van der Waals surface area contributed by atoms with Crippen LogP contribution in [0.15, 0.2) is 36.5 Å². The van der Waals surface area contributed by atoms with Crippen molar-refractivity contribution >= 4 is 5.69 Å². The van der Waals surface area contributed by atoms with Crippen LogP contribution in [0, 0.1) is 0 Å². The Morgan fingerprint density at radius 2 is 1.94 bits per heavy atom. The molecule has 18 heavy (non-hydrogen) atoms. The van der Waals surface area contributed by atoms with Gasteiger partial charge in [0.05, 0.1) is 12.2 Å². The topological polar surface area (TPSA) is 29.9 Å². The zero-order chi connectivity index (χ0) is 12.8. The molecule has 96 valence electrons. The van der Waals surface area contributed by atoms with Crippen LogP contribution < -0.4 is 5.32 Å². The molecule has 0 aliphatic rings. The van der Waals surface area contributed by atoms with E-state index in [-0.39, 0.29) is 0 Å². The summed E-state index contributed by atoms with van der Waals surface area (Å²) in [5.41, 5.74) is 3.77. The van der Waals surface area contributed by atoms with Crippen LogP contribution >= 0.6 is 0 Å². The maximum absolute atomic E-state index is 4.15. The fraction of sp³-hybridized carbons (Fsp3) is 0.400. The standard InChI is InChI=1S/C15H21N3/c1-3-4-5-13-6-8-14(9-7-13)16-12-15-10-11-17-18(15)2/h6-11,16H,3-5,12H2,1-2H3. The summed E-state index contributed by atoms with van der Waals surface area (Å²) >= 11 is 0. The first kappa shape index (κ1) is 12.7. The molecule has 0 amide bonds. The summed E-state index contributed by atoms with van der Waals surface area (Å²) in [6.07, 6.45) is 5.52. The van der Waals surface area contributed by atoms with E-state index in [1.165, 1.54) is 30.5 Å². The van der Waals surface area contributed by atoms with Crippen LogP contribution in [-0.4, -0.2) is 9.78 Å². The predicted octanol–water partition coefficient (Wildman–Crippen LogP) is 3.37. The van der Waals surface area contributed by atoms with Crippen molar-refractivity contribution < 1.29 is 0 Å². The molecule has 0 saturated heterocycles. The minimum Gasteiger partial charge on any atom is -0.379 e. The van der Waals surface area contributed by atoms with E-state index in [0.717, 1.165) is 12.2 Å². The van der Waals surface area contributed by atoms with E-state index in [9.17, 15) is 0 Å². The molecule has 2 rings (SSSR count). The lowest BCUT2D eigenvalue weighted by molar-refractivity contribution is 0.720. The number of nitrogens with zero attached hydrogens (tertiary/aromatic N) is 2. The third-order valence-electron chi connectivity index (χ3n) is 3.17. The second-order valence-corrected chi connectivity index (χ2v) is 4.60. The smallest absolute Gasteiger partial charge is 0.0571 e. The van der Waals surface area contributed by atoms with Gasteiger partial charge in [0.25, 0.3) is 0 Å². The number of aryl methyl sites for hydroxylation is 2. The summed E-state index contributed by atoms with van der Waals surface area (Å²) in [5, 5.41) is 7.56.